The third-order valence-electron chi connectivity index (χ3n) is 3.17. The summed E-state index contributed by atoms with van der Waals surface area (Å²) in [7, 11) is 0. The number of nitrogens with one attached hydrogen (secondary N) is 1. The summed E-state index contributed by atoms with van der Waals surface area (Å²) >= 11 is 1.66. The fourth-order valence-electron chi connectivity index (χ4n) is 2.33. The molecule has 1 fully saturated rings. The molecule has 1 aromatic heterocycles. The molecule has 1 heterocycles. The van der Waals surface area contributed by atoms with Gasteiger partial charge in [0.05, 0.1) is 0 Å². The lowest BCUT2D eigenvalue weighted by atomic mass is 9.79. The number of rotatable bonds is 4. The second-order valence-corrected chi connectivity index (χ2v) is 5.13. The first-order valence-electron chi connectivity index (χ1n) is 5.73. The lowest BCUT2D eigenvalue weighted by Crippen LogP contribution is -2.50. The third kappa shape index (κ3) is 2.79. The summed E-state index contributed by atoms with van der Waals surface area (Å²) in [6, 6.07) is 4.07. The molecule has 1 aliphatic carbocycles. The van der Waals surface area contributed by atoms with E-state index in [4.69, 9.17) is 0 Å². The van der Waals surface area contributed by atoms with Crippen LogP contribution >= 0.6 is 23.7 Å². The lowest BCUT2D eigenvalue weighted by molar-refractivity contribution is -0.127. The Balaban J connectivity index is 0.00000144. The highest BCUT2D eigenvalue weighted by Crippen LogP contribution is 2.36. The number of carbonyl (C=O) groups excluding carboxylic acids is 1. The van der Waals surface area contributed by atoms with Gasteiger partial charge in [-0.15, -0.1) is 30.3 Å². The van der Waals surface area contributed by atoms with Gasteiger partial charge in [-0.25, -0.2) is 0 Å². The molecule has 1 aliphatic rings. The molecule has 17 heavy (non-hydrogen) atoms. The standard InChI is InChI=1S/C13H17NOS.ClH/c1-2-9-14-13(12-7-5-10-16-12)8-4-3-6-11(13)15;/h2,5,7,10,14H,1,3-4,6,8-9H2;1H. The molecule has 0 spiro atoms. The number of hydrogen-bond acceptors (Lipinski definition) is 3. The number of carbonyl (C=O) groups is 1. The highest BCUT2D eigenvalue weighted by Gasteiger charge is 2.41. The maximum atomic E-state index is 12.2. The van der Waals surface area contributed by atoms with Crippen LogP contribution in [0.2, 0.25) is 0 Å². The minimum atomic E-state index is -0.430. The fraction of sp³-hybridized carbons (Fsp3) is 0.462. The highest BCUT2D eigenvalue weighted by atomic mass is 35.5. The molecule has 2 rings (SSSR count). The van der Waals surface area contributed by atoms with E-state index in [-0.39, 0.29) is 12.4 Å². The molecule has 1 unspecified atom stereocenters. The molecule has 94 valence electrons. The van der Waals surface area contributed by atoms with Crippen LogP contribution in [0, 0.1) is 0 Å². The maximum absolute atomic E-state index is 12.2. The van der Waals surface area contributed by atoms with Gasteiger partial charge in [0.2, 0.25) is 0 Å². The summed E-state index contributed by atoms with van der Waals surface area (Å²) in [4.78, 5) is 13.4. The minimum Gasteiger partial charge on any atom is -0.297 e. The Labute approximate surface area is 113 Å². The maximum Gasteiger partial charge on any atom is 0.158 e. The normalized spacial score (nSPS) is 24.1. The Morgan fingerprint density at radius 3 is 2.94 bits per heavy atom. The fourth-order valence-corrected chi connectivity index (χ4v) is 3.28. The monoisotopic (exact) mass is 271 g/mol. The van der Waals surface area contributed by atoms with Crippen molar-refractivity contribution in [2.24, 2.45) is 0 Å². The van der Waals surface area contributed by atoms with Crippen LogP contribution in [0.25, 0.3) is 0 Å². The predicted octanol–water partition coefficient (Wildman–Crippen LogP) is 3.28. The van der Waals surface area contributed by atoms with E-state index in [0.29, 0.717) is 18.7 Å². The van der Waals surface area contributed by atoms with Crippen molar-refractivity contribution in [3.63, 3.8) is 0 Å². The largest absolute Gasteiger partial charge is 0.297 e. The summed E-state index contributed by atoms with van der Waals surface area (Å²) in [5.74, 6) is 0.336. The average Bonchev–Trinajstić information content (AvgIpc) is 2.82. The van der Waals surface area contributed by atoms with Gasteiger partial charge in [-0.3, -0.25) is 10.1 Å². The molecular weight excluding hydrogens is 254 g/mol. The zero-order valence-corrected chi connectivity index (χ0v) is 11.4. The van der Waals surface area contributed by atoms with Gasteiger partial charge in [-0.05, 0) is 24.3 Å². The quantitative estimate of drug-likeness (QED) is 0.852. The molecule has 0 aliphatic heterocycles. The van der Waals surface area contributed by atoms with Crippen LogP contribution in [0.3, 0.4) is 0 Å². The van der Waals surface area contributed by atoms with Crippen LogP contribution in [-0.4, -0.2) is 12.3 Å². The van der Waals surface area contributed by atoms with Gasteiger partial charge in [-0.1, -0.05) is 18.6 Å². The molecular formula is C13H18ClNOS. The summed E-state index contributed by atoms with van der Waals surface area (Å²) in [6.45, 7) is 4.40. The van der Waals surface area contributed by atoms with Crippen molar-refractivity contribution in [3.05, 3.63) is 35.0 Å². The van der Waals surface area contributed by atoms with Gasteiger partial charge < -0.3 is 0 Å². The van der Waals surface area contributed by atoms with Crippen molar-refractivity contribution >= 4 is 29.5 Å². The first-order valence-corrected chi connectivity index (χ1v) is 6.61. The molecule has 1 atom stereocenters. The van der Waals surface area contributed by atoms with Gasteiger partial charge in [-0.2, -0.15) is 0 Å². The first kappa shape index (κ1) is 14.4. The highest BCUT2D eigenvalue weighted by molar-refractivity contribution is 7.10. The number of halogens is 1. The van der Waals surface area contributed by atoms with Crippen LogP contribution in [0.15, 0.2) is 30.2 Å². The second-order valence-electron chi connectivity index (χ2n) is 4.18. The van der Waals surface area contributed by atoms with Crippen molar-refractivity contribution in [1.82, 2.24) is 5.32 Å². The van der Waals surface area contributed by atoms with Crippen molar-refractivity contribution in [2.45, 2.75) is 31.2 Å². The topological polar surface area (TPSA) is 29.1 Å². The van der Waals surface area contributed by atoms with Gasteiger partial charge in [0, 0.05) is 17.8 Å². The van der Waals surface area contributed by atoms with Crippen LogP contribution < -0.4 is 5.32 Å². The zero-order valence-electron chi connectivity index (χ0n) is 9.78. The van der Waals surface area contributed by atoms with Crippen molar-refractivity contribution in [3.8, 4) is 0 Å². The van der Waals surface area contributed by atoms with E-state index < -0.39 is 5.54 Å². The summed E-state index contributed by atoms with van der Waals surface area (Å²) < 4.78 is 0. The van der Waals surface area contributed by atoms with Gasteiger partial charge in [0.25, 0.3) is 0 Å². The molecule has 0 amide bonds. The average molecular weight is 272 g/mol. The smallest absolute Gasteiger partial charge is 0.158 e. The lowest BCUT2D eigenvalue weighted by Gasteiger charge is -2.35. The first-order chi connectivity index (χ1) is 7.79. The van der Waals surface area contributed by atoms with E-state index in [2.05, 4.69) is 18.0 Å². The van der Waals surface area contributed by atoms with Gasteiger partial charge in [0.15, 0.2) is 5.78 Å². The molecule has 1 N–H and O–H groups in total. The zero-order chi connectivity index (χ0) is 11.4. The molecule has 4 heteroatoms. The van der Waals surface area contributed by atoms with E-state index in [1.165, 1.54) is 0 Å². The van der Waals surface area contributed by atoms with E-state index in [1.807, 2.05) is 17.5 Å². The second kappa shape index (κ2) is 6.34. The van der Waals surface area contributed by atoms with Gasteiger partial charge in [0.1, 0.15) is 5.54 Å². The van der Waals surface area contributed by atoms with E-state index in [1.54, 1.807) is 11.3 Å². The van der Waals surface area contributed by atoms with Crippen molar-refractivity contribution in [1.29, 1.82) is 0 Å². The van der Waals surface area contributed by atoms with Gasteiger partial charge >= 0.3 is 0 Å². The van der Waals surface area contributed by atoms with Crippen LogP contribution in [0.5, 0.6) is 0 Å². The minimum absolute atomic E-state index is 0. The number of hydrogen-bond donors (Lipinski definition) is 1. The van der Waals surface area contributed by atoms with Crippen molar-refractivity contribution < 1.29 is 4.79 Å². The molecule has 0 bridgehead atoms. The molecule has 0 aromatic carbocycles. The van der Waals surface area contributed by atoms with E-state index in [9.17, 15) is 4.79 Å². The Morgan fingerprint density at radius 2 is 2.35 bits per heavy atom. The van der Waals surface area contributed by atoms with Crippen LogP contribution in [0.1, 0.15) is 30.6 Å². The van der Waals surface area contributed by atoms with Crippen LogP contribution in [0.4, 0.5) is 0 Å². The third-order valence-corrected chi connectivity index (χ3v) is 4.20. The molecule has 1 saturated carbocycles. The molecule has 1 aromatic rings. The van der Waals surface area contributed by atoms with Crippen LogP contribution in [-0.2, 0) is 10.3 Å². The Bertz CT molecular complexity index is 377. The number of thiophene rings is 1. The van der Waals surface area contributed by atoms with Crippen molar-refractivity contribution in [2.75, 3.05) is 6.54 Å². The predicted molar refractivity (Wildman–Crippen MR) is 74.9 cm³/mol. The Kier molecular flexibility index (Phi) is 5.37. The Hall–Kier alpha value is -0.640. The van der Waals surface area contributed by atoms with E-state index in [0.717, 1.165) is 24.1 Å². The Morgan fingerprint density at radius 1 is 1.53 bits per heavy atom. The SMILES string of the molecule is C=CCNC1(c2cccs2)CCCCC1=O.Cl. The summed E-state index contributed by atoms with van der Waals surface area (Å²) in [5, 5.41) is 5.42. The molecule has 0 saturated heterocycles. The molecule has 2 nitrogen and oxygen atoms in total. The number of ketones is 1. The summed E-state index contributed by atoms with van der Waals surface area (Å²) in [6.07, 6.45) is 5.58. The summed E-state index contributed by atoms with van der Waals surface area (Å²) in [5.41, 5.74) is -0.430. The van der Waals surface area contributed by atoms with E-state index >= 15 is 0 Å². The molecule has 0 radical (unpaired) electrons. The number of Topliss-reactive ketones (excluding diaryl/α,β-unsaturated/α-hetero) is 1.